The quantitative estimate of drug-likeness (QED) is 0.724. The van der Waals surface area contributed by atoms with Crippen molar-refractivity contribution in [2.45, 2.75) is 31.8 Å². The van der Waals surface area contributed by atoms with Gasteiger partial charge in [0.2, 0.25) is 0 Å². The summed E-state index contributed by atoms with van der Waals surface area (Å²) in [7, 11) is 0. The first-order valence-electron chi connectivity index (χ1n) is 6.59. The van der Waals surface area contributed by atoms with Gasteiger partial charge >= 0.3 is 0 Å². The number of benzene rings is 1. The van der Waals surface area contributed by atoms with Crippen LogP contribution in [0.3, 0.4) is 0 Å². The molecule has 20 heavy (non-hydrogen) atoms. The van der Waals surface area contributed by atoms with Gasteiger partial charge in [0.1, 0.15) is 11.6 Å². The first-order valence-corrected chi connectivity index (χ1v) is 8.48. The van der Waals surface area contributed by atoms with Gasteiger partial charge in [0, 0.05) is 23.0 Å². The molecular formula is C15H14F2INS. The molecule has 0 fully saturated rings. The summed E-state index contributed by atoms with van der Waals surface area (Å²) in [5.41, 5.74) is 1.73. The fraction of sp³-hybridized carbons (Fsp3) is 0.333. The average molecular weight is 405 g/mol. The second-order valence-corrected chi connectivity index (χ2v) is 8.02. The highest BCUT2D eigenvalue weighted by Gasteiger charge is 2.22. The van der Waals surface area contributed by atoms with Crippen molar-refractivity contribution in [2.75, 3.05) is 0 Å². The lowest BCUT2D eigenvalue weighted by Gasteiger charge is -2.23. The third-order valence-electron chi connectivity index (χ3n) is 3.63. The second kappa shape index (κ2) is 6.07. The van der Waals surface area contributed by atoms with Gasteiger partial charge in [0.05, 0.1) is 2.88 Å². The van der Waals surface area contributed by atoms with Crippen LogP contribution >= 0.6 is 33.9 Å². The maximum absolute atomic E-state index is 13.6. The van der Waals surface area contributed by atoms with E-state index < -0.39 is 5.82 Å². The zero-order chi connectivity index (χ0) is 14.1. The van der Waals surface area contributed by atoms with Crippen molar-refractivity contribution in [3.8, 4) is 0 Å². The number of nitrogens with one attached hydrogen (secondary N) is 1. The predicted octanol–water partition coefficient (Wildman–Crippen LogP) is 4.80. The Morgan fingerprint density at radius 1 is 1.30 bits per heavy atom. The molecule has 0 aliphatic heterocycles. The molecule has 106 valence electrons. The Balaban J connectivity index is 1.74. The summed E-state index contributed by atoms with van der Waals surface area (Å²) in [4.78, 5) is 1.43. The third-order valence-corrected chi connectivity index (χ3v) is 5.60. The van der Waals surface area contributed by atoms with Crippen LogP contribution in [0.5, 0.6) is 0 Å². The summed E-state index contributed by atoms with van der Waals surface area (Å²) in [5, 5.41) is 3.37. The monoisotopic (exact) mass is 405 g/mol. The molecule has 0 saturated heterocycles. The van der Waals surface area contributed by atoms with Gasteiger partial charge in [-0.25, -0.2) is 8.78 Å². The Bertz CT molecular complexity index is 626. The van der Waals surface area contributed by atoms with Crippen molar-refractivity contribution in [1.82, 2.24) is 5.32 Å². The lowest BCUT2D eigenvalue weighted by molar-refractivity contribution is 0.455. The van der Waals surface area contributed by atoms with Crippen molar-refractivity contribution < 1.29 is 8.78 Å². The molecule has 3 rings (SSSR count). The molecule has 0 spiro atoms. The first kappa shape index (κ1) is 14.4. The third kappa shape index (κ3) is 3.04. The van der Waals surface area contributed by atoms with Crippen molar-refractivity contribution in [1.29, 1.82) is 0 Å². The first-order chi connectivity index (χ1) is 9.63. The van der Waals surface area contributed by atoms with Gasteiger partial charge in [-0.05, 0) is 71.7 Å². The molecular weight excluding hydrogens is 391 g/mol. The normalized spacial score (nSPS) is 18.1. The van der Waals surface area contributed by atoms with Gasteiger partial charge in [-0.2, -0.15) is 0 Å². The average Bonchev–Trinajstić information content (AvgIpc) is 2.80. The van der Waals surface area contributed by atoms with E-state index in [2.05, 4.69) is 34.0 Å². The molecule has 1 N–H and O–H groups in total. The van der Waals surface area contributed by atoms with E-state index in [1.165, 1.54) is 25.5 Å². The fourth-order valence-corrected chi connectivity index (χ4v) is 4.76. The summed E-state index contributed by atoms with van der Waals surface area (Å²) in [6.45, 7) is 0.361. The van der Waals surface area contributed by atoms with Crippen LogP contribution in [0, 0.1) is 14.5 Å². The molecule has 0 bridgehead atoms. The van der Waals surface area contributed by atoms with Crippen LogP contribution in [0.15, 0.2) is 24.3 Å². The van der Waals surface area contributed by atoms with E-state index >= 15 is 0 Å². The minimum atomic E-state index is -0.391. The number of rotatable bonds is 3. The fourth-order valence-electron chi connectivity index (χ4n) is 2.65. The molecule has 0 radical (unpaired) electrons. The molecule has 1 nitrogen and oxygen atoms in total. The Labute approximate surface area is 134 Å². The number of hydrogen-bond donors (Lipinski definition) is 1. The lowest BCUT2D eigenvalue weighted by atomic mass is 9.94. The van der Waals surface area contributed by atoms with Gasteiger partial charge in [-0.3, -0.25) is 0 Å². The largest absolute Gasteiger partial charge is 0.306 e. The highest BCUT2D eigenvalue weighted by atomic mass is 127. The van der Waals surface area contributed by atoms with Crippen LogP contribution < -0.4 is 5.32 Å². The van der Waals surface area contributed by atoms with Gasteiger partial charge in [-0.15, -0.1) is 11.3 Å². The van der Waals surface area contributed by atoms with Crippen LogP contribution in [0.4, 0.5) is 8.78 Å². The summed E-state index contributed by atoms with van der Waals surface area (Å²) in [6.07, 6.45) is 3.33. The Kier molecular flexibility index (Phi) is 4.37. The van der Waals surface area contributed by atoms with Gasteiger partial charge < -0.3 is 5.32 Å². The Hall–Kier alpha value is -0.530. The SMILES string of the molecule is Fc1ccc(F)c(CNC2CCCc3sc(I)cc32)c1. The molecule has 1 aromatic carbocycles. The number of halogens is 3. The molecule has 1 aromatic heterocycles. The zero-order valence-corrected chi connectivity index (χ0v) is 13.7. The number of thiophene rings is 1. The lowest BCUT2D eigenvalue weighted by Crippen LogP contribution is -2.24. The maximum atomic E-state index is 13.6. The molecule has 1 aliphatic carbocycles. The number of fused-ring (bicyclic) bond motifs is 1. The van der Waals surface area contributed by atoms with Crippen molar-refractivity contribution in [3.05, 3.63) is 54.8 Å². The molecule has 1 aliphatic rings. The number of aryl methyl sites for hydroxylation is 1. The highest BCUT2D eigenvalue weighted by Crippen LogP contribution is 2.36. The van der Waals surface area contributed by atoms with Gasteiger partial charge in [0.15, 0.2) is 0 Å². The van der Waals surface area contributed by atoms with Crippen LogP contribution in [0.25, 0.3) is 0 Å². The second-order valence-electron chi connectivity index (χ2n) is 4.99. The van der Waals surface area contributed by atoms with Crippen LogP contribution in [0.1, 0.15) is 34.9 Å². The molecule has 5 heteroatoms. The van der Waals surface area contributed by atoms with E-state index in [-0.39, 0.29) is 11.9 Å². The summed E-state index contributed by atoms with van der Waals surface area (Å²) in [5.74, 6) is -0.743. The van der Waals surface area contributed by atoms with E-state index in [0.717, 1.165) is 25.3 Å². The summed E-state index contributed by atoms with van der Waals surface area (Å²) < 4.78 is 28.1. The molecule has 0 amide bonds. The summed E-state index contributed by atoms with van der Waals surface area (Å²) >= 11 is 4.18. The molecule has 1 unspecified atom stereocenters. The summed E-state index contributed by atoms with van der Waals surface area (Å²) in [6, 6.07) is 6.06. The van der Waals surface area contributed by atoms with Crippen molar-refractivity contribution in [3.63, 3.8) is 0 Å². The topological polar surface area (TPSA) is 12.0 Å². The predicted molar refractivity (Wildman–Crippen MR) is 85.9 cm³/mol. The van der Waals surface area contributed by atoms with Crippen LogP contribution in [0.2, 0.25) is 0 Å². The van der Waals surface area contributed by atoms with Gasteiger partial charge in [0.25, 0.3) is 0 Å². The molecule has 1 atom stereocenters. The zero-order valence-electron chi connectivity index (χ0n) is 10.8. The Morgan fingerprint density at radius 3 is 3.00 bits per heavy atom. The highest BCUT2D eigenvalue weighted by molar-refractivity contribution is 14.1. The van der Waals surface area contributed by atoms with E-state index in [0.29, 0.717) is 12.1 Å². The van der Waals surface area contributed by atoms with Crippen LogP contribution in [-0.4, -0.2) is 0 Å². The van der Waals surface area contributed by atoms with E-state index in [9.17, 15) is 8.78 Å². The standard InChI is InChI=1S/C15H14F2INS/c16-10-4-5-12(17)9(6-10)8-19-13-2-1-3-14-11(13)7-15(18)20-14/h4-7,13,19H,1-3,8H2. The smallest absolute Gasteiger partial charge is 0.127 e. The maximum Gasteiger partial charge on any atom is 0.127 e. The van der Waals surface area contributed by atoms with E-state index in [4.69, 9.17) is 0 Å². The minimum absolute atomic E-state index is 0.251. The molecule has 0 saturated carbocycles. The Morgan fingerprint density at radius 2 is 2.15 bits per heavy atom. The van der Waals surface area contributed by atoms with Gasteiger partial charge in [-0.1, -0.05) is 0 Å². The molecule has 1 heterocycles. The molecule has 2 aromatic rings. The number of hydrogen-bond acceptors (Lipinski definition) is 2. The van der Waals surface area contributed by atoms with E-state index in [1.807, 2.05) is 11.3 Å². The minimum Gasteiger partial charge on any atom is -0.306 e. The van der Waals surface area contributed by atoms with Crippen molar-refractivity contribution >= 4 is 33.9 Å². The van der Waals surface area contributed by atoms with Crippen LogP contribution in [-0.2, 0) is 13.0 Å². The van der Waals surface area contributed by atoms with E-state index in [1.54, 1.807) is 0 Å². The van der Waals surface area contributed by atoms with Crippen molar-refractivity contribution in [2.24, 2.45) is 0 Å².